The first-order chi connectivity index (χ1) is 14.2. The summed E-state index contributed by atoms with van der Waals surface area (Å²) in [6.45, 7) is 2.99. The van der Waals surface area contributed by atoms with Crippen LogP contribution in [0.25, 0.3) is 0 Å². The van der Waals surface area contributed by atoms with Gasteiger partial charge in [0.15, 0.2) is 11.5 Å². The van der Waals surface area contributed by atoms with Crippen molar-refractivity contribution in [2.45, 2.75) is 12.8 Å². The molecule has 150 valence electrons. The van der Waals surface area contributed by atoms with Crippen LogP contribution >= 0.6 is 0 Å². The Balaban J connectivity index is 1.22. The number of fused-ring (bicyclic) bond motifs is 1. The van der Waals surface area contributed by atoms with E-state index in [4.69, 9.17) is 9.47 Å². The van der Waals surface area contributed by atoms with Gasteiger partial charge in [-0.15, -0.1) is 0 Å². The van der Waals surface area contributed by atoms with Gasteiger partial charge in [0.05, 0.1) is 0 Å². The Morgan fingerprint density at radius 2 is 1.62 bits per heavy atom. The minimum atomic E-state index is -0.925. The summed E-state index contributed by atoms with van der Waals surface area (Å²) in [5.74, 6) is 0.989. The fourth-order valence-electron chi connectivity index (χ4n) is 4.00. The second-order valence-electron chi connectivity index (χ2n) is 7.72. The molecule has 0 unspecified atom stereocenters. The lowest BCUT2D eigenvalue weighted by molar-refractivity contribution is -0.142. The van der Waals surface area contributed by atoms with E-state index in [-0.39, 0.29) is 18.6 Å². The second kappa shape index (κ2) is 6.99. The first kappa shape index (κ1) is 17.8. The Bertz CT molecular complexity index is 934. The largest absolute Gasteiger partial charge is 0.454 e. The molecule has 0 radical (unpaired) electrons. The van der Waals surface area contributed by atoms with Crippen molar-refractivity contribution in [3.8, 4) is 11.5 Å². The number of amides is 2. The predicted octanol–water partition coefficient (Wildman–Crippen LogP) is 2.48. The van der Waals surface area contributed by atoms with E-state index in [0.29, 0.717) is 43.1 Å². The van der Waals surface area contributed by atoms with E-state index in [1.807, 2.05) is 23.1 Å². The molecule has 1 aliphatic carbocycles. The third kappa shape index (κ3) is 3.26. The van der Waals surface area contributed by atoms with Gasteiger partial charge in [-0.2, -0.15) is 0 Å². The first-order valence-corrected chi connectivity index (χ1v) is 9.96. The number of para-hydroxylation sites is 1. The van der Waals surface area contributed by atoms with E-state index in [0.717, 1.165) is 13.1 Å². The molecule has 1 saturated heterocycles. The Labute approximate surface area is 169 Å². The summed E-state index contributed by atoms with van der Waals surface area (Å²) in [6.07, 6.45) is 1.20. The molecule has 2 aliphatic heterocycles. The first-order valence-electron chi connectivity index (χ1n) is 9.96. The maximum absolute atomic E-state index is 13.1. The van der Waals surface area contributed by atoms with Crippen LogP contribution in [-0.4, -0.2) is 49.7 Å². The van der Waals surface area contributed by atoms with Crippen LogP contribution in [0.15, 0.2) is 48.5 Å². The van der Waals surface area contributed by atoms with Gasteiger partial charge in [-0.05, 0) is 37.1 Å². The Morgan fingerprint density at radius 1 is 0.897 bits per heavy atom. The van der Waals surface area contributed by atoms with Crippen molar-refractivity contribution in [1.29, 1.82) is 0 Å². The molecule has 2 aromatic rings. The molecule has 2 aromatic carbocycles. The maximum Gasteiger partial charge on any atom is 0.240 e. The van der Waals surface area contributed by atoms with Crippen molar-refractivity contribution in [3.63, 3.8) is 0 Å². The van der Waals surface area contributed by atoms with Gasteiger partial charge >= 0.3 is 0 Å². The number of carbonyl (C=O) groups excluding carboxylic acids is 2. The quantitative estimate of drug-likeness (QED) is 0.808. The SMILES string of the molecule is O=C(Nc1ccc2c(c1)OCO2)C1(C(=O)N2CCN(c3ccccc3)CC2)CC1. The van der Waals surface area contributed by atoms with Crippen LogP contribution in [0.3, 0.4) is 0 Å². The van der Waals surface area contributed by atoms with Crippen LogP contribution in [-0.2, 0) is 9.59 Å². The summed E-state index contributed by atoms with van der Waals surface area (Å²) in [5.41, 5.74) is 0.860. The third-order valence-electron chi connectivity index (χ3n) is 5.91. The van der Waals surface area contributed by atoms with Crippen LogP contribution in [0.1, 0.15) is 12.8 Å². The topological polar surface area (TPSA) is 71.1 Å². The normalized spacial score (nSPS) is 19.0. The molecule has 2 amide bonds. The van der Waals surface area contributed by atoms with Crippen LogP contribution in [0, 0.1) is 5.41 Å². The molecule has 2 fully saturated rings. The molecule has 0 bridgehead atoms. The van der Waals surface area contributed by atoms with Gasteiger partial charge in [0.25, 0.3) is 0 Å². The lowest BCUT2D eigenvalue weighted by Gasteiger charge is -2.37. The summed E-state index contributed by atoms with van der Waals surface area (Å²) in [7, 11) is 0. The van der Waals surface area contributed by atoms with Gasteiger partial charge < -0.3 is 24.6 Å². The molecule has 0 atom stereocenters. The van der Waals surface area contributed by atoms with E-state index in [2.05, 4.69) is 22.3 Å². The highest BCUT2D eigenvalue weighted by molar-refractivity contribution is 6.13. The zero-order valence-electron chi connectivity index (χ0n) is 16.1. The summed E-state index contributed by atoms with van der Waals surface area (Å²) in [6, 6.07) is 15.5. The molecular formula is C22H23N3O4. The average Bonchev–Trinajstić information content (AvgIpc) is 3.46. The molecule has 7 nitrogen and oxygen atoms in total. The van der Waals surface area contributed by atoms with Gasteiger partial charge in [-0.3, -0.25) is 9.59 Å². The zero-order valence-corrected chi connectivity index (χ0v) is 16.1. The van der Waals surface area contributed by atoms with E-state index in [9.17, 15) is 9.59 Å². The number of carbonyl (C=O) groups is 2. The number of piperazine rings is 1. The van der Waals surface area contributed by atoms with Crippen molar-refractivity contribution >= 4 is 23.2 Å². The highest BCUT2D eigenvalue weighted by Crippen LogP contribution is 2.48. The van der Waals surface area contributed by atoms with Crippen molar-refractivity contribution in [1.82, 2.24) is 4.90 Å². The van der Waals surface area contributed by atoms with E-state index >= 15 is 0 Å². The predicted molar refractivity (Wildman–Crippen MR) is 108 cm³/mol. The van der Waals surface area contributed by atoms with E-state index in [1.54, 1.807) is 18.2 Å². The Morgan fingerprint density at radius 3 is 2.34 bits per heavy atom. The number of ether oxygens (including phenoxy) is 2. The van der Waals surface area contributed by atoms with Gasteiger partial charge in [-0.25, -0.2) is 0 Å². The van der Waals surface area contributed by atoms with E-state index in [1.165, 1.54) is 5.69 Å². The minimum Gasteiger partial charge on any atom is -0.454 e. The number of hydrogen-bond acceptors (Lipinski definition) is 5. The average molecular weight is 393 g/mol. The van der Waals surface area contributed by atoms with Gasteiger partial charge in [0.2, 0.25) is 18.6 Å². The number of anilines is 2. The van der Waals surface area contributed by atoms with Crippen molar-refractivity contribution in [3.05, 3.63) is 48.5 Å². The molecule has 5 rings (SSSR count). The number of benzene rings is 2. The highest BCUT2D eigenvalue weighted by Gasteiger charge is 2.58. The number of nitrogens with one attached hydrogen (secondary N) is 1. The van der Waals surface area contributed by atoms with Gasteiger partial charge in [0, 0.05) is 43.6 Å². The monoisotopic (exact) mass is 393 g/mol. The smallest absolute Gasteiger partial charge is 0.240 e. The lowest BCUT2D eigenvalue weighted by atomic mass is 10.0. The van der Waals surface area contributed by atoms with Crippen molar-refractivity contribution in [2.75, 3.05) is 43.2 Å². The molecule has 1 saturated carbocycles. The molecule has 29 heavy (non-hydrogen) atoms. The fourth-order valence-corrected chi connectivity index (χ4v) is 4.00. The Hall–Kier alpha value is -3.22. The summed E-state index contributed by atoms with van der Waals surface area (Å²) >= 11 is 0. The molecule has 3 aliphatic rings. The van der Waals surface area contributed by atoms with Crippen LogP contribution < -0.4 is 19.7 Å². The standard InChI is InChI=1S/C22H23N3O4/c26-20(23-16-6-7-18-19(14-16)29-15-28-18)22(8-9-22)21(27)25-12-10-24(11-13-25)17-4-2-1-3-5-17/h1-7,14H,8-13,15H2,(H,23,26). The van der Waals surface area contributed by atoms with Gasteiger partial charge in [-0.1, -0.05) is 18.2 Å². The fraction of sp³-hybridized carbons (Fsp3) is 0.364. The Kier molecular flexibility index (Phi) is 4.30. The van der Waals surface area contributed by atoms with Gasteiger partial charge in [0.1, 0.15) is 5.41 Å². The second-order valence-corrected chi connectivity index (χ2v) is 7.72. The number of nitrogens with zero attached hydrogens (tertiary/aromatic N) is 2. The molecule has 1 N–H and O–H groups in total. The van der Waals surface area contributed by atoms with Crippen molar-refractivity contribution < 1.29 is 19.1 Å². The van der Waals surface area contributed by atoms with E-state index < -0.39 is 5.41 Å². The number of hydrogen-bond donors (Lipinski definition) is 1. The van der Waals surface area contributed by atoms with Crippen molar-refractivity contribution in [2.24, 2.45) is 5.41 Å². The lowest BCUT2D eigenvalue weighted by Crippen LogP contribution is -2.52. The number of rotatable bonds is 4. The van der Waals surface area contributed by atoms with Crippen LogP contribution in [0.2, 0.25) is 0 Å². The molecule has 0 spiro atoms. The van der Waals surface area contributed by atoms with Crippen LogP contribution in [0.5, 0.6) is 11.5 Å². The maximum atomic E-state index is 13.1. The molecule has 2 heterocycles. The van der Waals surface area contributed by atoms with Crippen LogP contribution in [0.4, 0.5) is 11.4 Å². The molecular weight excluding hydrogens is 370 g/mol. The summed E-state index contributed by atoms with van der Waals surface area (Å²) < 4.78 is 10.7. The zero-order chi connectivity index (χ0) is 19.8. The molecule has 7 heteroatoms. The molecule has 0 aromatic heterocycles. The summed E-state index contributed by atoms with van der Waals surface area (Å²) in [5, 5.41) is 2.90. The summed E-state index contributed by atoms with van der Waals surface area (Å²) in [4.78, 5) is 30.2. The third-order valence-corrected chi connectivity index (χ3v) is 5.91. The highest BCUT2D eigenvalue weighted by atomic mass is 16.7. The minimum absolute atomic E-state index is 0.0524.